The van der Waals surface area contributed by atoms with Crippen molar-refractivity contribution in [3.05, 3.63) is 0 Å². The highest BCUT2D eigenvalue weighted by Crippen LogP contribution is 2.14. The fourth-order valence-electron chi connectivity index (χ4n) is 1.96. The zero-order valence-corrected chi connectivity index (χ0v) is 10.9. The molecule has 0 spiro atoms. The van der Waals surface area contributed by atoms with E-state index in [1.165, 1.54) is 0 Å². The Morgan fingerprint density at radius 3 is 2.00 bits per heavy atom. The Kier molecular flexibility index (Phi) is 7.14. The summed E-state index contributed by atoms with van der Waals surface area (Å²) in [5.41, 5.74) is 6.14. The highest BCUT2D eigenvalue weighted by atomic mass is 16.3. The molecule has 15 heavy (non-hydrogen) atoms. The number of hydrogen-bond acceptors (Lipinski definition) is 3. The molecule has 0 saturated heterocycles. The predicted octanol–water partition coefficient (Wildman–Crippen LogP) is 1.45. The fraction of sp³-hybridized carbons (Fsp3) is 1.00. The maximum absolute atomic E-state index is 9.47. The number of rotatable bonds is 7. The monoisotopic (exact) mass is 216 g/mol. The van der Waals surface area contributed by atoms with Crippen molar-refractivity contribution in [3.8, 4) is 0 Å². The summed E-state index contributed by atoms with van der Waals surface area (Å²) in [6.07, 6.45) is 1.10. The maximum Gasteiger partial charge on any atom is 0.0602 e. The summed E-state index contributed by atoms with van der Waals surface area (Å²) in [4.78, 5) is 2.31. The largest absolute Gasteiger partial charge is 0.395 e. The van der Waals surface area contributed by atoms with E-state index in [0.717, 1.165) is 13.0 Å². The first-order valence-corrected chi connectivity index (χ1v) is 6.07. The van der Waals surface area contributed by atoms with Crippen molar-refractivity contribution in [2.75, 3.05) is 13.2 Å². The smallest absolute Gasteiger partial charge is 0.0602 e. The SMILES string of the molecule is CCCN(C(C)C)C(CO)C(N)C(C)C. The Labute approximate surface area is 94.6 Å². The molecule has 0 rings (SSSR count). The van der Waals surface area contributed by atoms with E-state index < -0.39 is 0 Å². The van der Waals surface area contributed by atoms with Crippen LogP contribution in [-0.2, 0) is 0 Å². The first kappa shape index (κ1) is 14.9. The van der Waals surface area contributed by atoms with Gasteiger partial charge in [-0.25, -0.2) is 0 Å². The van der Waals surface area contributed by atoms with Gasteiger partial charge in [0.15, 0.2) is 0 Å². The lowest BCUT2D eigenvalue weighted by atomic mass is 9.95. The number of aliphatic hydroxyl groups excluding tert-OH is 1. The van der Waals surface area contributed by atoms with Crippen LogP contribution in [0.2, 0.25) is 0 Å². The first-order chi connectivity index (χ1) is 6.95. The normalized spacial score (nSPS) is 16.4. The van der Waals surface area contributed by atoms with Crippen molar-refractivity contribution < 1.29 is 5.11 Å². The lowest BCUT2D eigenvalue weighted by molar-refractivity contribution is 0.0677. The first-order valence-electron chi connectivity index (χ1n) is 6.07. The molecule has 0 amide bonds. The minimum atomic E-state index is 0.0453. The van der Waals surface area contributed by atoms with Crippen LogP contribution in [0.3, 0.4) is 0 Å². The highest BCUT2D eigenvalue weighted by molar-refractivity contribution is 4.85. The van der Waals surface area contributed by atoms with E-state index in [0.29, 0.717) is 12.0 Å². The van der Waals surface area contributed by atoms with Crippen LogP contribution in [0.4, 0.5) is 0 Å². The quantitative estimate of drug-likeness (QED) is 0.677. The Hall–Kier alpha value is -0.120. The van der Waals surface area contributed by atoms with Gasteiger partial charge in [-0.05, 0) is 32.7 Å². The third-order valence-electron chi connectivity index (χ3n) is 2.97. The Morgan fingerprint density at radius 1 is 1.20 bits per heavy atom. The molecule has 0 aromatic carbocycles. The molecule has 0 saturated carbocycles. The molecule has 2 unspecified atom stereocenters. The van der Waals surface area contributed by atoms with E-state index in [2.05, 4.69) is 39.5 Å². The molecule has 2 atom stereocenters. The van der Waals surface area contributed by atoms with Gasteiger partial charge in [0.05, 0.1) is 6.61 Å². The van der Waals surface area contributed by atoms with E-state index in [1.54, 1.807) is 0 Å². The number of nitrogens with two attached hydrogens (primary N) is 1. The maximum atomic E-state index is 9.47. The number of aliphatic hydroxyl groups is 1. The summed E-state index contributed by atoms with van der Waals surface area (Å²) in [7, 11) is 0. The van der Waals surface area contributed by atoms with E-state index >= 15 is 0 Å². The third-order valence-corrected chi connectivity index (χ3v) is 2.97. The van der Waals surface area contributed by atoms with Crippen molar-refractivity contribution in [1.82, 2.24) is 4.90 Å². The summed E-state index contributed by atoms with van der Waals surface area (Å²) in [6, 6.07) is 0.570. The molecule has 0 fully saturated rings. The van der Waals surface area contributed by atoms with Gasteiger partial charge in [-0.3, -0.25) is 4.90 Å². The van der Waals surface area contributed by atoms with Crippen molar-refractivity contribution >= 4 is 0 Å². The second-order valence-corrected chi connectivity index (χ2v) is 4.90. The van der Waals surface area contributed by atoms with Crippen LogP contribution >= 0.6 is 0 Å². The summed E-state index contributed by atoms with van der Waals surface area (Å²) < 4.78 is 0. The number of nitrogens with zero attached hydrogens (tertiary/aromatic N) is 1. The molecule has 3 N–H and O–H groups in total. The van der Waals surface area contributed by atoms with Gasteiger partial charge in [-0.1, -0.05) is 20.8 Å². The fourth-order valence-corrected chi connectivity index (χ4v) is 1.96. The predicted molar refractivity (Wildman–Crippen MR) is 65.8 cm³/mol. The molecule has 0 aromatic heterocycles. The molecule has 0 aliphatic heterocycles. The van der Waals surface area contributed by atoms with Gasteiger partial charge in [0.1, 0.15) is 0 Å². The molecule has 0 heterocycles. The van der Waals surface area contributed by atoms with Crippen LogP contribution in [0.15, 0.2) is 0 Å². The van der Waals surface area contributed by atoms with E-state index in [9.17, 15) is 5.11 Å². The molecule has 0 aliphatic carbocycles. The third kappa shape index (κ3) is 4.49. The molecule has 92 valence electrons. The summed E-state index contributed by atoms with van der Waals surface area (Å²) >= 11 is 0. The second kappa shape index (κ2) is 7.20. The molecule has 0 bridgehead atoms. The van der Waals surface area contributed by atoms with Crippen LogP contribution in [0, 0.1) is 5.92 Å². The number of hydrogen-bond donors (Lipinski definition) is 2. The van der Waals surface area contributed by atoms with Gasteiger partial charge in [0, 0.05) is 18.1 Å². The molecule has 3 heteroatoms. The van der Waals surface area contributed by atoms with E-state index in [-0.39, 0.29) is 18.7 Å². The molecule has 0 aromatic rings. The summed E-state index contributed by atoms with van der Waals surface area (Å²) in [5.74, 6) is 0.403. The van der Waals surface area contributed by atoms with Gasteiger partial charge in [-0.2, -0.15) is 0 Å². The van der Waals surface area contributed by atoms with Gasteiger partial charge < -0.3 is 10.8 Å². The van der Waals surface area contributed by atoms with E-state index in [1.807, 2.05) is 0 Å². The molecule has 3 nitrogen and oxygen atoms in total. The Morgan fingerprint density at radius 2 is 1.73 bits per heavy atom. The molecule has 0 aliphatic rings. The van der Waals surface area contributed by atoms with Gasteiger partial charge in [0.2, 0.25) is 0 Å². The van der Waals surface area contributed by atoms with E-state index in [4.69, 9.17) is 5.73 Å². The average molecular weight is 216 g/mol. The van der Waals surface area contributed by atoms with Crippen LogP contribution < -0.4 is 5.73 Å². The lowest BCUT2D eigenvalue weighted by Gasteiger charge is -2.38. The minimum absolute atomic E-state index is 0.0453. The van der Waals surface area contributed by atoms with Gasteiger partial charge in [0.25, 0.3) is 0 Å². The van der Waals surface area contributed by atoms with Crippen molar-refractivity contribution in [1.29, 1.82) is 0 Å². The average Bonchev–Trinajstić information content (AvgIpc) is 2.16. The van der Waals surface area contributed by atoms with Crippen LogP contribution in [0.5, 0.6) is 0 Å². The highest BCUT2D eigenvalue weighted by Gasteiger charge is 2.27. The molecular formula is C12H28N2O. The summed E-state index contributed by atoms with van der Waals surface area (Å²) in [6.45, 7) is 11.8. The standard InChI is InChI=1S/C12H28N2O/c1-6-7-14(10(4)5)11(8-15)12(13)9(2)3/h9-12,15H,6-8,13H2,1-5H3. The van der Waals surface area contributed by atoms with Crippen molar-refractivity contribution in [3.63, 3.8) is 0 Å². The van der Waals surface area contributed by atoms with Crippen LogP contribution in [0.1, 0.15) is 41.0 Å². The second-order valence-electron chi connectivity index (χ2n) is 4.90. The summed E-state index contributed by atoms with van der Waals surface area (Å²) in [5, 5.41) is 9.47. The Balaban J connectivity index is 4.57. The van der Waals surface area contributed by atoms with Gasteiger partial charge in [-0.15, -0.1) is 0 Å². The van der Waals surface area contributed by atoms with Crippen molar-refractivity contribution in [2.24, 2.45) is 11.7 Å². The van der Waals surface area contributed by atoms with Crippen LogP contribution in [0.25, 0.3) is 0 Å². The minimum Gasteiger partial charge on any atom is -0.395 e. The molecular weight excluding hydrogens is 188 g/mol. The molecule has 0 radical (unpaired) electrons. The van der Waals surface area contributed by atoms with Crippen molar-refractivity contribution in [2.45, 2.75) is 59.2 Å². The van der Waals surface area contributed by atoms with Gasteiger partial charge >= 0.3 is 0 Å². The lowest BCUT2D eigenvalue weighted by Crippen LogP contribution is -2.54. The Bertz CT molecular complexity index is 160. The zero-order valence-electron chi connectivity index (χ0n) is 10.9. The zero-order chi connectivity index (χ0) is 12.0. The van der Waals surface area contributed by atoms with Crippen LogP contribution in [-0.4, -0.2) is 41.3 Å². The topological polar surface area (TPSA) is 49.5 Å².